The average Bonchev–Trinajstić information content (AvgIpc) is 2.78. The summed E-state index contributed by atoms with van der Waals surface area (Å²) in [5, 5.41) is 2.00. The number of carbonyl (C=O) groups is 1. The number of nitrogens with two attached hydrogens (primary N) is 1. The summed E-state index contributed by atoms with van der Waals surface area (Å²) >= 11 is 0. The summed E-state index contributed by atoms with van der Waals surface area (Å²) in [6.45, 7) is -0.443. The molecule has 0 saturated heterocycles. The summed E-state index contributed by atoms with van der Waals surface area (Å²) in [7, 11) is 1.80. The van der Waals surface area contributed by atoms with E-state index >= 15 is 0 Å². The first-order valence-corrected chi connectivity index (χ1v) is 10.2. The highest BCUT2D eigenvalue weighted by Crippen LogP contribution is 2.22. The van der Waals surface area contributed by atoms with Gasteiger partial charge in [0, 0.05) is 24.7 Å². The molecule has 1 amide bonds. The largest absolute Gasteiger partial charge is 0.435 e. The van der Waals surface area contributed by atoms with Gasteiger partial charge in [-0.15, -0.1) is 0 Å². The fourth-order valence-electron chi connectivity index (χ4n) is 3.59. The Kier molecular flexibility index (Phi) is 7.73. The van der Waals surface area contributed by atoms with Crippen LogP contribution in [0.1, 0.15) is 29.7 Å². The predicted octanol–water partition coefficient (Wildman–Crippen LogP) is 3.99. The highest BCUT2D eigenvalue weighted by molar-refractivity contribution is 5.79. The van der Waals surface area contributed by atoms with Crippen LogP contribution in [0.5, 0.6) is 5.75 Å². The van der Waals surface area contributed by atoms with Gasteiger partial charge in [0.05, 0.1) is 0 Å². The van der Waals surface area contributed by atoms with Gasteiger partial charge in [-0.25, -0.2) is 0 Å². The lowest BCUT2D eigenvalue weighted by atomic mass is 9.97. The van der Waals surface area contributed by atoms with E-state index in [1.54, 1.807) is 24.1 Å². The first-order chi connectivity index (χ1) is 14.9. The molecular weight excluding hydrogens is 398 g/mol. The van der Waals surface area contributed by atoms with Crippen molar-refractivity contribution in [2.45, 2.75) is 32.2 Å². The number of ether oxygens (including phenoxy) is 1. The van der Waals surface area contributed by atoms with Gasteiger partial charge in [-0.3, -0.25) is 4.79 Å². The van der Waals surface area contributed by atoms with Crippen LogP contribution in [-0.2, 0) is 11.3 Å². The van der Waals surface area contributed by atoms with Crippen molar-refractivity contribution in [3.63, 3.8) is 0 Å². The number of carbonyl (C=O) groups excluding carboxylic acids is 1. The Balaban J connectivity index is 1.76. The number of likely N-dealkylation sites (N-methyl/N-ethyl adjacent to an activating group) is 1. The lowest BCUT2D eigenvalue weighted by Crippen LogP contribution is -2.92. The van der Waals surface area contributed by atoms with E-state index in [1.165, 1.54) is 12.1 Å². The molecule has 2 atom stereocenters. The van der Waals surface area contributed by atoms with Gasteiger partial charge in [-0.05, 0) is 36.8 Å². The van der Waals surface area contributed by atoms with Gasteiger partial charge in [-0.2, -0.15) is 8.78 Å². The van der Waals surface area contributed by atoms with Crippen molar-refractivity contribution in [3.05, 3.63) is 102 Å². The van der Waals surface area contributed by atoms with Crippen molar-refractivity contribution in [1.82, 2.24) is 4.90 Å². The average molecular weight is 425 g/mol. The van der Waals surface area contributed by atoms with Crippen molar-refractivity contribution < 1.29 is 23.6 Å². The van der Waals surface area contributed by atoms with Gasteiger partial charge in [0.15, 0.2) is 6.04 Å². The number of benzene rings is 3. The molecule has 0 unspecified atom stereocenters. The molecule has 2 N–H and O–H groups in total. The van der Waals surface area contributed by atoms with E-state index in [0.29, 0.717) is 6.54 Å². The van der Waals surface area contributed by atoms with Crippen molar-refractivity contribution in [2.75, 3.05) is 7.05 Å². The Morgan fingerprint density at radius 1 is 0.903 bits per heavy atom. The zero-order chi connectivity index (χ0) is 22.2. The molecule has 0 spiro atoms. The van der Waals surface area contributed by atoms with Gasteiger partial charge in [0.25, 0.3) is 5.91 Å². The van der Waals surface area contributed by atoms with Crippen LogP contribution in [0.4, 0.5) is 8.78 Å². The Morgan fingerprint density at radius 2 is 1.45 bits per heavy atom. The molecule has 0 aromatic heterocycles. The maximum atomic E-state index is 13.0. The highest BCUT2D eigenvalue weighted by atomic mass is 19.3. The van der Waals surface area contributed by atoms with E-state index in [-0.39, 0.29) is 23.7 Å². The van der Waals surface area contributed by atoms with E-state index in [0.717, 1.165) is 16.7 Å². The second kappa shape index (κ2) is 10.7. The first-order valence-electron chi connectivity index (χ1n) is 10.2. The number of quaternary nitrogens is 1. The minimum atomic E-state index is -2.86. The topological polar surface area (TPSA) is 46.1 Å². The quantitative estimate of drug-likeness (QED) is 0.564. The third-order valence-corrected chi connectivity index (χ3v) is 5.13. The molecule has 0 heterocycles. The van der Waals surface area contributed by atoms with Crippen LogP contribution in [0, 0.1) is 0 Å². The maximum absolute atomic E-state index is 13.0. The van der Waals surface area contributed by atoms with E-state index in [4.69, 9.17) is 0 Å². The zero-order valence-corrected chi connectivity index (χ0v) is 17.6. The lowest BCUT2D eigenvalue weighted by Gasteiger charge is -2.24. The maximum Gasteiger partial charge on any atom is 0.387 e. The molecule has 31 heavy (non-hydrogen) atoms. The van der Waals surface area contributed by atoms with E-state index in [9.17, 15) is 13.6 Å². The molecule has 6 heteroatoms. The Hall–Kier alpha value is -3.25. The smallest absolute Gasteiger partial charge is 0.387 e. The minimum absolute atomic E-state index is 0.0161. The number of amides is 1. The monoisotopic (exact) mass is 425 g/mol. The Morgan fingerprint density at radius 3 is 2.03 bits per heavy atom. The Bertz CT molecular complexity index is 950. The number of hydrogen-bond acceptors (Lipinski definition) is 2. The van der Waals surface area contributed by atoms with Gasteiger partial charge >= 0.3 is 6.61 Å². The molecule has 0 bridgehead atoms. The van der Waals surface area contributed by atoms with E-state index in [2.05, 4.69) is 4.74 Å². The molecule has 0 radical (unpaired) electrons. The number of rotatable bonds is 9. The molecular formula is C25H27F2N2O2+. The molecule has 0 aliphatic rings. The van der Waals surface area contributed by atoms with Crippen LogP contribution in [0.2, 0.25) is 0 Å². The van der Waals surface area contributed by atoms with Crippen LogP contribution < -0.4 is 10.1 Å². The first kappa shape index (κ1) is 22.4. The standard InChI is InChI=1S/C25H26F2N2O2/c1-18(24(30)29(2)17-19-9-5-3-6-10-19)28-23(20-11-7-4-8-12-20)21-13-15-22(16-14-21)31-25(26)27/h3-16,18,23,25,28H,17H2,1-2H3/p+1/t18-,23+/m1/s1. The fraction of sp³-hybridized carbons (Fsp3) is 0.240. The number of alkyl halides is 2. The summed E-state index contributed by atoms with van der Waals surface area (Å²) in [5.74, 6) is 0.125. The lowest BCUT2D eigenvalue weighted by molar-refractivity contribution is -0.705. The van der Waals surface area contributed by atoms with Crippen molar-refractivity contribution in [2.24, 2.45) is 0 Å². The molecule has 3 aromatic rings. The van der Waals surface area contributed by atoms with Gasteiger partial charge in [0.1, 0.15) is 11.8 Å². The van der Waals surface area contributed by atoms with Crippen molar-refractivity contribution in [3.8, 4) is 5.75 Å². The van der Waals surface area contributed by atoms with Crippen LogP contribution >= 0.6 is 0 Å². The van der Waals surface area contributed by atoms with E-state index < -0.39 is 6.61 Å². The molecule has 0 aliphatic heterocycles. The second-order valence-corrected chi connectivity index (χ2v) is 7.50. The normalized spacial score (nSPS) is 12.9. The molecule has 162 valence electrons. The molecule has 3 aromatic carbocycles. The molecule has 0 fully saturated rings. The summed E-state index contributed by atoms with van der Waals surface area (Å²) in [6, 6.07) is 25.7. The summed E-state index contributed by atoms with van der Waals surface area (Å²) in [6.07, 6.45) is 0. The third-order valence-electron chi connectivity index (χ3n) is 5.13. The number of halogens is 2. The summed E-state index contributed by atoms with van der Waals surface area (Å²) in [5.41, 5.74) is 2.99. The van der Waals surface area contributed by atoms with Crippen molar-refractivity contribution >= 4 is 5.91 Å². The summed E-state index contributed by atoms with van der Waals surface area (Å²) in [4.78, 5) is 14.7. The van der Waals surface area contributed by atoms with Gasteiger partial charge < -0.3 is 15.0 Å². The number of nitrogens with zero attached hydrogens (tertiary/aromatic N) is 1. The molecule has 0 aliphatic carbocycles. The Labute approximate surface area is 181 Å². The molecule has 0 saturated carbocycles. The minimum Gasteiger partial charge on any atom is -0.435 e. The van der Waals surface area contributed by atoms with Crippen LogP contribution in [0.25, 0.3) is 0 Å². The molecule has 3 rings (SSSR count). The van der Waals surface area contributed by atoms with Crippen molar-refractivity contribution in [1.29, 1.82) is 0 Å². The zero-order valence-electron chi connectivity index (χ0n) is 17.6. The SMILES string of the molecule is C[C@@H]([NH2+][C@@H](c1ccccc1)c1ccc(OC(F)F)cc1)C(=O)N(C)Cc1ccccc1. The molecule has 4 nitrogen and oxygen atoms in total. The van der Waals surface area contributed by atoms with E-state index in [1.807, 2.05) is 72.9 Å². The second-order valence-electron chi connectivity index (χ2n) is 7.50. The van der Waals surface area contributed by atoms with Crippen LogP contribution in [-0.4, -0.2) is 30.5 Å². The third kappa shape index (κ3) is 6.36. The summed E-state index contributed by atoms with van der Waals surface area (Å²) < 4.78 is 29.4. The van der Waals surface area contributed by atoms with Crippen LogP contribution in [0.3, 0.4) is 0 Å². The van der Waals surface area contributed by atoms with Gasteiger partial charge in [-0.1, -0.05) is 60.7 Å². The number of hydrogen-bond donors (Lipinski definition) is 1. The van der Waals surface area contributed by atoms with Gasteiger partial charge in [0.2, 0.25) is 0 Å². The van der Waals surface area contributed by atoms with Crippen LogP contribution in [0.15, 0.2) is 84.9 Å². The highest BCUT2D eigenvalue weighted by Gasteiger charge is 2.27. The predicted molar refractivity (Wildman–Crippen MR) is 116 cm³/mol. The fourth-order valence-corrected chi connectivity index (χ4v) is 3.59.